The molecule has 1 aromatic rings. The van der Waals surface area contributed by atoms with Crippen LogP contribution < -0.4 is 5.32 Å². The van der Waals surface area contributed by atoms with E-state index in [2.05, 4.69) is 11.4 Å². The second kappa shape index (κ2) is 8.57. The highest BCUT2D eigenvalue weighted by Gasteiger charge is 2.32. The van der Waals surface area contributed by atoms with Gasteiger partial charge in [-0.05, 0) is 37.1 Å². The van der Waals surface area contributed by atoms with Crippen molar-refractivity contribution in [2.24, 2.45) is 5.92 Å². The first-order valence-corrected chi connectivity index (χ1v) is 10.6. The smallest absolute Gasteiger partial charge is 0.243 e. The SMILES string of the molecule is CC(C)[C@](C)(C#N)NC(=O)CN1CCN(S(=O)(=O)c2ccc(Cl)cc2)CC1. The van der Waals surface area contributed by atoms with Crippen molar-refractivity contribution in [1.82, 2.24) is 14.5 Å². The minimum Gasteiger partial charge on any atom is -0.337 e. The van der Waals surface area contributed by atoms with Crippen molar-refractivity contribution in [1.29, 1.82) is 5.26 Å². The molecule has 0 bridgehead atoms. The molecular weight excluding hydrogens is 388 g/mol. The highest BCUT2D eigenvalue weighted by atomic mass is 35.5. The van der Waals surface area contributed by atoms with Gasteiger partial charge in [0.1, 0.15) is 5.54 Å². The molecule has 0 radical (unpaired) electrons. The van der Waals surface area contributed by atoms with Gasteiger partial charge in [0.05, 0.1) is 17.5 Å². The van der Waals surface area contributed by atoms with Gasteiger partial charge in [0.15, 0.2) is 0 Å². The van der Waals surface area contributed by atoms with Crippen LogP contribution in [0, 0.1) is 17.2 Å². The normalized spacial score (nSPS) is 18.7. The number of rotatable bonds is 6. The van der Waals surface area contributed by atoms with E-state index in [1.165, 1.54) is 16.4 Å². The molecule has 27 heavy (non-hydrogen) atoms. The molecule has 1 heterocycles. The lowest BCUT2D eigenvalue weighted by Gasteiger charge is -2.34. The summed E-state index contributed by atoms with van der Waals surface area (Å²) < 4.78 is 26.8. The van der Waals surface area contributed by atoms with Crippen molar-refractivity contribution >= 4 is 27.5 Å². The van der Waals surface area contributed by atoms with E-state index >= 15 is 0 Å². The minimum atomic E-state index is -3.57. The van der Waals surface area contributed by atoms with Crippen LogP contribution in [0.25, 0.3) is 0 Å². The Balaban J connectivity index is 1.92. The number of nitriles is 1. The highest BCUT2D eigenvalue weighted by Crippen LogP contribution is 2.20. The Morgan fingerprint density at radius 1 is 1.26 bits per heavy atom. The number of hydrogen-bond acceptors (Lipinski definition) is 5. The molecule has 7 nitrogen and oxygen atoms in total. The molecule has 0 aromatic heterocycles. The maximum absolute atomic E-state index is 12.7. The molecule has 0 aliphatic carbocycles. The summed E-state index contributed by atoms with van der Waals surface area (Å²) in [4.78, 5) is 14.4. The lowest BCUT2D eigenvalue weighted by molar-refractivity contribution is -0.124. The van der Waals surface area contributed by atoms with E-state index in [-0.39, 0.29) is 23.3 Å². The number of hydrogen-bond donors (Lipinski definition) is 1. The number of sulfonamides is 1. The van der Waals surface area contributed by atoms with E-state index in [4.69, 9.17) is 11.6 Å². The first-order valence-electron chi connectivity index (χ1n) is 8.79. The van der Waals surface area contributed by atoms with E-state index in [1.54, 1.807) is 19.1 Å². The number of benzene rings is 1. The Morgan fingerprint density at radius 3 is 2.30 bits per heavy atom. The standard InChI is InChI=1S/C18H25ClN4O3S/c1-14(2)18(3,13-20)21-17(24)12-22-8-10-23(11-9-22)27(25,26)16-6-4-15(19)5-7-16/h4-7,14H,8-12H2,1-3H3,(H,21,24)/t18-/m0/s1. The van der Waals surface area contributed by atoms with Crippen molar-refractivity contribution in [3.8, 4) is 6.07 Å². The van der Waals surface area contributed by atoms with Crippen molar-refractivity contribution < 1.29 is 13.2 Å². The van der Waals surface area contributed by atoms with Gasteiger partial charge < -0.3 is 5.32 Å². The maximum atomic E-state index is 12.7. The summed E-state index contributed by atoms with van der Waals surface area (Å²) in [6, 6.07) is 8.24. The Bertz CT molecular complexity index is 812. The van der Waals surface area contributed by atoms with Gasteiger partial charge in [-0.25, -0.2) is 8.42 Å². The fraction of sp³-hybridized carbons (Fsp3) is 0.556. The van der Waals surface area contributed by atoms with Crippen LogP contribution in [0.2, 0.25) is 5.02 Å². The van der Waals surface area contributed by atoms with Gasteiger partial charge in [0.2, 0.25) is 15.9 Å². The number of halogens is 1. The predicted molar refractivity (Wildman–Crippen MR) is 104 cm³/mol. The van der Waals surface area contributed by atoms with E-state index in [1.807, 2.05) is 18.7 Å². The molecule has 9 heteroatoms. The molecule has 0 spiro atoms. The maximum Gasteiger partial charge on any atom is 0.243 e. The van der Waals surface area contributed by atoms with Crippen LogP contribution in [0.15, 0.2) is 29.2 Å². The third-order valence-corrected chi connectivity index (χ3v) is 7.10. The van der Waals surface area contributed by atoms with Crippen molar-refractivity contribution in [2.45, 2.75) is 31.2 Å². The number of nitrogens with one attached hydrogen (secondary N) is 1. The molecule has 148 valence electrons. The van der Waals surface area contributed by atoms with Gasteiger partial charge in [0.25, 0.3) is 0 Å². The minimum absolute atomic E-state index is 0.0205. The Kier molecular flexibility index (Phi) is 6.87. The van der Waals surface area contributed by atoms with Gasteiger partial charge >= 0.3 is 0 Å². The number of carbonyl (C=O) groups is 1. The lowest BCUT2D eigenvalue weighted by atomic mass is 9.90. The van der Waals surface area contributed by atoms with Crippen molar-refractivity contribution in [3.05, 3.63) is 29.3 Å². The van der Waals surface area contributed by atoms with Gasteiger partial charge in [-0.3, -0.25) is 9.69 Å². The summed E-state index contributed by atoms with van der Waals surface area (Å²) in [7, 11) is -3.57. The fourth-order valence-electron chi connectivity index (χ4n) is 2.72. The Morgan fingerprint density at radius 2 is 1.81 bits per heavy atom. The number of piperazine rings is 1. The zero-order chi connectivity index (χ0) is 20.2. The van der Waals surface area contributed by atoms with Crippen molar-refractivity contribution in [3.63, 3.8) is 0 Å². The van der Waals surface area contributed by atoms with Crippen LogP contribution in [-0.2, 0) is 14.8 Å². The summed E-state index contributed by atoms with van der Waals surface area (Å²) in [6.07, 6.45) is 0. The summed E-state index contributed by atoms with van der Waals surface area (Å²) in [5.74, 6) is -0.255. The highest BCUT2D eigenvalue weighted by molar-refractivity contribution is 7.89. The van der Waals surface area contributed by atoms with Gasteiger partial charge in [0, 0.05) is 31.2 Å². The topological polar surface area (TPSA) is 93.5 Å². The van der Waals surface area contributed by atoms with E-state index < -0.39 is 15.6 Å². The molecule has 1 aliphatic rings. The zero-order valence-electron chi connectivity index (χ0n) is 15.8. The van der Waals surface area contributed by atoms with Crippen LogP contribution >= 0.6 is 11.6 Å². The Labute approximate surface area is 165 Å². The van der Waals surface area contributed by atoms with E-state index in [0.29, 0.717) is 31.2 Å². The van der Waals surface area contributed by atoms with Crippen LogP contribution in [0.4, 0.5) is 0 Å². The molecular formula is C18H25ClN4O3S. The summed E-state index contributed by atoms with van der Waals surface area (Å²) >= 11 is 5.82. The quantitative estimate of drug-likeness (QED) is 0.767. The second-order valence-corrected chi connectivity index (χ2v) is 9.53. The molecule has 1 fully saturated rings. The van der Waals surface area contributed by atoms with Crippen molar-refractivity contribution in [2.75, 3.05) is 32.7 Å². The van der Waals surface area contributed by atoms with Gasteiger partial charge in [-0.2, -0.15) is 9.57 Å². The first kappa shape index (κ1) is 21.6. The monoisotopic (exact) mass is 412 g/mol. The van der Waals surface area contributed by atoms with Gasteiger partial charge in [-0.15, -0.1) is 0 Å². The Hall–Kier alpha value is -1.66. The third-order valence-electron chi connectivity index (χ3n) is 4.94. The summed E-state index contributed by atoms with van der Waals surface area (Å²) in [5.41, 5.74) is -0.920. The zero-order valence-corrected chi connectivity index (χ0v) is 17.3. The van der Waals surface area contributed by atoms with Crippen LogP contribution in [0.3, 0.4) is 0 Å². The van der Waals surface area contributed by atoms with E-state index in [0.717, 1.165) is 0 Å². The van der Waals surface area contributed by atoms with Crippen LogP contribution in [-0.4, -0.2) is 61.8 Å². The predicted octanol–water partition coefficient (Wildman–Crippen LogP) is 1.70. The molecule has 0 unspecified atom stereocenters. The molecule has 1 amide bonds. The molecule has 0 saturated carbocycles. The van der Waals surface area contributed by atoms with E-state index in [9.17, 15) is 18.5 Å². The second-order valence-electron chi connectivity index (χ2n) is 7.15. The molecule has 1 N–H and O–H groups in total. The van der Waals surface area contributed by atoms with Crippen LogP contribution in [0.1, 0.15) is 20.8 Å². The number of carbonyl (C=O) groups excluding carboxylic acids is 1. The third kappa shape index (κ3) is 5.20. The fourth-order valence-corrected chi connectivity index (χ4v) is 4.27. The molecule has 1 aliphatic heterocycles. The largest absolute Gasteiger partial charge is 0.337 e. The molecule has 2 rings (SSSR count). The first-order chi connectivity index (χ1) is 12.6. The number of nitrogens with zero attached hydrogens (tertiary/aromatic N) is 3. The average Bonchev–Trinajstić information content (AvgIpc) is 2.62. The molecule has 1 saturated heterocycles. The number of amides is 1. The lowest BCUT2D eigenvalue weighted by Crippen LogP contribution is -2.55. The molecule has 1 atom stereocenters. The van der Waals surface area contributed by atoms with Gasteiger partial charge in [-0.1, -0.05) is 25.4 Å². The average molecular weight is 413 g/mol. The summed E-state index contributed by atoms with van der Waals surface area (Å²) in [6.45, 7) is 7.10. The summed E-state index contributed by atoms with van der Waals surface area (Å²) in [5, 5.41) is 12.6. The molecule has 1 aromatic carbocycles. The van der Waals surface area contributed by atoms with Crippen LogP contribution in [0.5, 0.6) is 0 Å².